The molecule has 1 aliphatic heterocycles. The van der Waals surface area contributed by atoms with Gasteiger partial charge in [0, 0.05) is 41.8 Å². The van der Waals surface area contributed by atoms with Crippen LogP contribution in [-0.4, -0.2) is 47.5 Å². The zero-order valence-electron chi connectivity index (χ0n) is 20.8. The molecule has 2 N–H and O–H groups in total. The minimum Gasteiger partial charge on any atom is -0.378 e. The number of amides is 2. The molecule has 1 aliphatic carbocycles. The van der Waals surface area contributed by atoms with Gasteiger partial charge in [0.2, 0.25) is 5.91 Å². The predicted molar refractivity (Wildman–Crippen MR) is 139 cm³/mol. The average molecular weight is 492 g/mol. The Kier molecular flexibility index (Phi) is 7.37. The highest BCUT2D eigenvalue weighted by atomic mass is 19.1. The largest absolute Gasteiger partial charge is 0.378 e. The van der Waals surface area contributed by atoms with Gasteiger partial charge >= 0.3 is 0 Å². The van der Waals surface area contributed by atoms with E-state index in [0.29, 0.717) is 54.1 Å². The topological polar surface area (TPSA) is 74.4 Å². The molecule has 2 aliphatic rings. The van der Waals surface area contributed by atoms with Crippen LogP contribution in [0.1, 0.15) is 60.0 Å². The van der Waals surface area contributed by atoms with Gasteiger partial charge in [0.05, 0.1) is 24.7 Å². The molecule has 2 fully saturated rings. The summed E-state index contributed by atoms with van der Waals surface area (Å²) in [6.07, 6.45) is 9.06. The van der Waals surface area contributed by atoms with E-state index in [1.807, 2.05) is 36.1 Å². The molecule has 3 aromatic rings. The zero-order valence-corrected chi connectivity index (χ0v) is 20.8. The number of rotatable bonds is 7. The van der Waals surface area contributed by atoms with Crippen molar-refractivity contribution in [3.05, 3.63) is 65.1 Å². The normalized spacial score (nSPS) is 18.6. The molecule has 2 aromatic carbocycles. The monoisotopic (exact) mass is 491 g/mol. The van der Waals surface area contributed by atoms with Crippen LogP contribution in [0.5, 0.6) is 0 Å². The van der Waals surface area contributed by atoms with Gasteiger partial charge in [-0.2, -0.15) is 0 Å². The highest BCUT2D eigenvalue weighted by molar-refractivity contribution is 6.13. The average Bonchev–Trinajstić information content (AvgIpc) is 3.54. The van der Waals surface area contributed by atoms with Gasteiger partial charge in [-0.25, -0.2) is 4.39 Å². The summed E-state index contributed by atoms with van der Waals surface area (Å²) in [5.74, 6) is -0.509. The van der Waals surface area contributed by atoms with E-state index in [9.17, 15) is 14.0 Å². The number of halogens is 1. The lowest BCUT2D eigenvalue weighted by molar-refractivity contribution is -0.129. The minimum atomic E-state index is -0.487. The van der Waals surface area contributed by atoms with Crippen LogP contribution in [0.25, 0.3) is 10.9 Å². The molecule has 0 bridgehead atoms. The summed E-state index contributed by atoms with van der Waals surface area (Å²) in [7, 11) is 0. The molecule has 1 aromatic heterocycles. The molecule has 5 rings (SSSR count). The Hall–Kier alpha value is -3.19. The van der Waals surface area contributed by atoms with Gasteiger partial charge in [0.1, 0.15) is 5.82 Å². The highest BCUT2D eigenvalue weighted by Crippen LogP contribution is 2.26. The van der Waals surface area contributed by atoms with Crippen LogP contribution in [0.3, 0.4) is 0 Å². The lowest BCUT2D eigenvalue weighted by Gasteiger charge is -2.24. The Labute approximate surface area is 211 Å². The van der Waals surface area contributed by atoms with Gasteiger partial charge in [0.25, 0.3) is 5.91 Å². The van der Waals surface area contributed by atoms with Crippen molar-refractivity contribution in [1.82, 2.24) is 9.88 Å². The van der Waals surface area contributed by atoms with Crippen LogP contribution in [-0.2, 0) is 16.0 Å². The molecule has 0 radical (unpaired) electrons. The molecule has 1 atom stereocenters. The van der Waals surface area contributed by atoms with E-state index in [2.05, 4.69) is 10.3 Å². The Balaban J connectivity index is 1.17. The molecule has 0 unspecified atom stereocenters. The first-order valence-electron chi connectivity index (χ1n) is 13.0. The number of aromatic nitrogens is 1. The number of ether oxygens (including phenoxy) is 1. The molecule has 190 valence electrons. The fourth-order valence-corrected chi connectivity index (χ4v) is 5.43. The summed E-state index contributed by atoms with van der Waals surface area (Å²) in [5.41, 5.74) is 2.84. The second-order valence-electron chi connectivity index (χ2n) is 10.2. The minimum absolute atomic E-state index is 0.0134. The van der Waals surface area contributed by atoms with E-state index >= 15 is 0 Å². The molecular formula is C29H34FN3O3. The van der Waals surface area contributed by atoms with E-state index in [1.54, 1.807) is 12.3 Å². The second-order valence-corrected chi connectivity index (χ2v) is 10.2. The summed E-state index contributed by atoms with van der Waals surface area (Å²) in [6.45, 7) is 3.88. The number of fused-ring (bicyclic) bond motifs is 1. The van der Waals surface area contributed by atoms with Gasteiger partial charge in [-0.3, -0.25) is 9.59 Å². The number of nitrogens with one attached hydrogen (secondary N) is 2. The third-order valence-electron chi connectivity index (χ3n) is 7.58. The molecule has 7 heteroatoms. The molecular weight excluding hydrogens is 457 g/mol. The van der Waals surface area contributed by atoms with E-state index in [1.165, 1.54) is 25.3 Å². The summed E-state index contributed by atoms with van der Waals surface area (Å²) in [4.78, 5) is 30.7. The van der Waals surface area contributed by atoms with Gasteiger partial charge < -0.3 is 19.9 Å². The molecule has 6 nitrogen and oxygen atoms in total. The number of carbonyl (C=O) groups excluding carboxylic acids is 2. The van der Waals surface area contributed by atoms with E-state index in [4.69, 9.17) is 4.74 Å². The Morgan fingerprint density at radius 2 is 1.94 bits per heavy atom. The smallest absolute Gasteiger partial charge is 0.257 e. The fourth-order valence-electron chi connectivity index (χ4n) is 5.43. The highest BCUT2D eigenvalue weighted by Gasteiger charge is 2.28. The lowest BCUT2D eigenvalue weighted by atomic mass is 9.97. The van der Waals surface area contributed by atoms with Gasteiger partial charge in [-0.15, -0.1) is 0 Å². The summed E-state index contributed by atoms with van der Waals surface area (Å²) < 4.78 is 21.1. The van der Waals surface area contributed by atoms with Crippen LogP contribution < -0.4 is 5.32 Å². The van der Waals surface area contributed by atoms with Gasteiger partial charge in [-0.05, 0) is 49.4 Å². The third kappa shape index (κ3) is 5.46. The number of hydrogen-bond acceptors (Lipinski definition) is 3. The number of anilines is 1. The standard InChI is InChI=1S/C29H34FN3O3/c1-19-13-21(14-28(34)33-12-11-20(17-33)18-36-22-7-3-2-4-8-22)25(30)15-27(19)32-29(35)24-16-31-26-10-6-5-9-23(24)26/h5-6,9-10,13,15-16,20,22,31H,2-4,7-8,11-12,14,17-18H2,1H3,(H,32,35)/t20-/m1/s1. The van der Waals surface area contributed by atoms with Crippen molar-refractivity contribution in [2.24, 2.45) is 5.92 Å². The first-order valence-corrected chi connectivity index (χ1v) is 13.0. The summed E-state index contributed by atoms with van der Waals surface area (Å²) in [5, 5.41) is 3.63. The summed E-state index contributed by atoms with van der Waals surface area (Å²) in [6, 6.07) is 10.5. The van der Waals surface area contributed by atoms with Crippen molar-refractivity contribution in [3.8, 4) is 0 Å². The number of likely N-dealkylation sites (tertiary alicyclic amines) is 1. The first-order chi connectivity index (χ1) is 17.5. The number of benzene rings is 2. The van der Waals surface area contributed by atoms with Crippen molar-refractivity contribution in [3.63, 3.8) is 0 Å². The lowest BCUT2D eigenvalue weighted by Crippen LogP contribution is -2.31. The molecule has 36 heavy (non-hydrogen) atoms. The van der Waals surface area contributed by atoms with Crippen molar-refractivity contribution >= 4 is 28.4 Å². The van der Waals surface area contributed by atoms with Crippen molar-refractivity contribution in [1.29, 1.82) is 0 Å². The second kappa shape index (κ2) is 10.8. The molecule has 2 amide bonds. The molecule has 2 heterocycles. The fraction of sp³-hybridized carbons (Fsp3) is 0.448. The Bertz CT molecular complexity index is 1250. The van der Waals surface area contributed by atoms with Gasteiger partial charge in [0.15, 0.2) is 0 Å². The van der Waals surface area contributed by atoms with Crippen LogP contribution in [0.15, 0.2) is 42.6 Å². The predicted octanol–water partition coefficient (Wildman–Crippen LogP) is 5.61. The zero-order chi connectivity index (χ0) is 25.1. The molecule has 0 spiro atoms. The Morgan fingerprint density at radius 1 is 1.14 bits per heavy atom. The quantitative estimate of drug-likeness (QED) is 0.451. The van der Waals surface area contributed by atoms with Crippen molar-refractivity contribution in [2.45, 2.75) is 58.0 Å². The number of aryl methyl sites for hydroxylation is 1. The number of carbonyl (C=O) groups is 2. The maximum Gasteiger partial charge on any atom is 0.257 e. The third-order valence-corrected chi connectivity index (χ3v) is 7.58. The Morgan fingerprint density at radius 3 is 2.78 bits per heavy atom. The first kappa shape index (κ1) is 24.5. The van der Waals surface area contributed by atoms with E-state index < -0.39 is 5.82 Å². The molecule has 1 saturated heterocycles. The number of nitrogens with zero attached hydrogens (tertiary/aromatic N) is 1. The van der Waals surface area contributed by atoms with Crippen LogP contribution in [0.4, 0.5) is 10.1 Å². The maximum absolute atomic E-state index is 15.0. The SMILES string of the molecule is Cc1cc(CC(=O)N2CC[C@@H](COC3CCCCC3)C2)c(F)cc1NC(=O)c1c[nH]c2ccccc12. The number of H-pyrrole nitrogens is 1. The van der Waals surface area contributed by atoms with E-state index in [0.717, 1.165) is 30.2 Å². The van der Waals surface area contributed by atoms with Crippen LogP contribution >= 0.6 is 0 Å². The number of aromatic amines is 1. The number of hydrogen-bond donors (Lipinski definition) is 2. The maximum atomic E-state index is 15.0. The van der Waals surface area contributed by atoms with Crippen LogP contribution in [0, 0.1) is 18.7 Å². The van der Waals surface area contributed by atoms with Gasteiger partial charge in [-0.1, -0.05) is 43.5 Å². The van der Waals surface area contributed by atoms with Crippen molar-refractivity contribution < 1.29 is 18.7 Å². The molecule has 1 saturated carbocycles. The van der Waals surface area contributed by atoms with E-state index in [-0.39, 0.29) is 18.2 Å². The van der Waals surface area contributed by atoms with Crippen LogP contribution in [0.2, 0.25) is 0 Å². The number of para-hydroxylation sites is 1. The summed E-state index contributed by atoms with van der Waals surface area (Å²) >= 11 is 0. The van der Waals surface area contributed by atoms with Crippen molar-refractivity contribution in [2.75, 3.05) is 25.0 Å².